The molecule has 29 heavy (non-hydrogen) atoms. The van der Waals surface area contributed by atoms with Gasteiger partial charge in [-0.2, -0.15) is 11.8 Å². The predicted octanol–water partition coefficient (Wildman–Crippen LogP) is 6.24. The van der Waals surface area contributed by atoms with Gasteiger partial charge in [-0.25, -0.2) is 0 Å². The normalized spacial score (nSPS) is 10.6. The molecule has 0 radical (unpaired) electrons. The Bertz CT molecular complexity index is 965. The Morgan fingerprint density at radius 3 is 2.31 bits per heavy atom. The number of carbonyl (C=O) groups is 1. The zero-order valence-electron chi connectivity index (χ0n) is 15.7. The maximum Gasteiger partial charge on any atom is 0.251 e. The van der Waals surface area contributed by atoms with Gasteiger partial charge in [-0.05, 0) is 35.9 Å². The molecule has 0 fully saturated rings. The van der Waals surface area contributed by atoms with E-state index in [-0.39, 0.29) is 5.91 Å². The van der Waals surface area contributed by atoms with Crippen molar-refractivity contribution in [1.29, 1.82) is 0 Å². The highest BCUT2D eigenvalue weighted by molar-refractivity contribution is 7.98. The van der Waals surface area contributed by atoms with Gasteiger partial charge in [-0.3, -0.25) is 4.79 Å². The van der Waals surface area contributed by atoms with Crippen LogP contribution in [-0.2, 0) is 12.4 Å². The lowest BCUT2D eigenvalue weighted by Crippen LogP contribution is -2.25. The van der Waals surface area contributed by atoms with Gasteiger partial charge >= 0.3 is 0 Å². The number of thioether (sulfide) groups is 1. The minimum Gasteiger partial charge on any atom is -0.489 e. The third-order valence-electron chi connectivity index (χ3n) is 4.20. The monoisotopic (exact) mass is 445 g/mol. The molecule has 0 aliphatic carbocycles. The lowest BCUT2D eigenvalue weighted by molar-refractivity contribution is 0.0955. The molecule has 0 saturated heterocycles. The molecular formula is C23H21Cl2NO2S. The molecule has 0 unspecified atom stereocenters. The minimum absolute atomic E-state index is 0.119. The zero-order valence-corrected chi connectivity index (χ0v) is 18.1. The number of rotatable bonds is 9. The van der Waals surface area contributed by atoms with Gasteiger partial charge in [-0.1, -0.05) is 65.7 Å². The summed E-state index contributed by atoms with van der Waals surface area (Å²) in [6.45, 7) is 0.933. The smallest absolute Gasteiger partial charge is 0.251 e. The lowest BCUT2D eigenvalue weighted by Gasteiger charge is -2.10. The van der Waals surface area contributed by atoms with Gasteiger partial charge in [-0.15, -0.1) is 0 Å². The largest absolute Gasteiger partial charge is 0.489 e. The van der Waals surface area contributed by atoms with Crippen molar-refractivity contribution in [2.24, 2.45) is 0 Å². The fraction of sp³-hybridized carbons (Fsp3) is 0.174. The molecule has 0 aliphatic rings. The SMILES string of the molecule is O=C(NCCSCc1ccccc1Cl)c1cccc(OCc2ccccc2Cl)c1. The minimum atomic E-state index is -0.119. The Labute approximate surface area is 185 Å². The maximum absolute atomic E-state index is 12.4. The molecule has 6 heteroatoms. The summed E-state index contributed by atoms with van der Waals surface area (Å²) >= 11 is 14.0. The molecule has 1 N–H and O–H groups in total. The van der Waals surface area contributed by atoms with Crippen molar-refractivity contribution in [3.8, 4) is 5.75 Å². The van der Waals surface area contributed by atoms with Crippen LogP contribution < -0.4 is 10.1 Å². The van der Waals surface area contributed by atoms with Crippen molar-refractivity contribution in [2.75, 3.05) is 12.3 Å². The van der Waals surface area contributed by atoms with Crippen LogP contribution in [0.2, 0.25) is 10.0 Å². The fourth-order valence-corrected chi connectivity index (χ4v) is 3.97. The first-order chi connectivity index (χ1) is 14.1. The van der Waals surface area contributed by atoms with Crippen LogP contribution in [0.25, 0.3) is 0 Å². The molecular weight excluding hydrogens is 425 g/mol. The molecule has 3 rings (SSSR count). The highest BCUT2D eigenvalue weighted by atomic mass is 35.5. The lowest BCUT2D eigenvalue weighted by atomic mass is 10.2. The second kappa shape index (κ2) is 11.1. The topological polar surface area (TPSA) is 38.3 Å². The Morgan fingerprint density at radius 2 is 1.59 bits per heavy atom. The van der Waals surface area contributed by atoms with Crippen LogP contribution in [0, 0.1) is 0 Å². The van der Waals surface area contributed by atoms with Crippen LogP contribution in [0.1, 0.15) is 21.5 Å². The molecule has 0 aromatic heterocycles. The Morgan fingerprint density at radius 1 is 0.897 bits per heavy atom. The number of benzene rings is 3. The molecule has 150 valence electrons. The average molecular weight is 446 g/mol. The van der Waals surface area contributed by atoms with Gasteiger partial charge in [0.1, 0.15) is 12.4 Å². The van der Waals surface area contributed by atoms with E-state index in [1.54, 1.807) is 23.9 Å². The molecule has 3 nitrogen and oxygen atoms in total. The van der Waals surface area contributed by atoms with Crippen molar-refractivity contribution < 1.29 is 9.53 Å². The fourth-order valence-electron chi connectivity index (χ4n) is 2.64. The van der Waals surface area contributed by atoms with Crippen LogP contribution in [0.4, 0.5) is 0 Å². The number of hydrogen-bond donors (Lipinski definition) is 1. The van der Waals surface area contributed by atoms with Crippen molar-refractivity contribution in [3.63, 3.8) is 0 Å². The quantitative estimate of drug-likeness (QED) is 0.396. The molecule has 0 saturated carbocycles. The van der Waals surface area contributed by atoms with Crippen LogP contribution >= 0.6 is 35.0 Å². The second-order valence-corrected chi connectivity index (χ2v) is 8.23. The van der Waals surface area contributed by atoms with Crippen LogP contribution in [-0.4, -0.2) is 18.2 Å². The molecule has 0 heterocycles. The van der Waals surface area contributed by atoms with Crippen LogP contribution in [0.15, 0.2) is 72.8 Å². The van der Waals surface area contributed by atoms with E-state index in [4.69, 9.17) is 27.9 Å². The zero-order chi connectivity index (χ0) is 20.5. The molecule has 3 aromatic rings. The van der Waals surface area contributed by atoms with Gasteiger partial charge in [0.2, 0.25) is 0 Å². The number of ether oxygens (including phenoxy) is 1. The van der Waals surface area contributed by atoms with Crippen LogP contribution in [0.5, 0.6) is 5.75 Å². The number of nitrogens with one attached hydrogen (secondary N) is 1. The standard InChI is InChI=1S/C23H21Cl2NO2S/c24-21-10-3-1-6-18(21)15-28-20-9-5-8-17(14-20)23(27)26-12-13-29-16-19-7-2-4-11-22(19)25/h1-11,14H,12-13,15-16H2,(H,26,27). The van der Waals surface area contributed by atoms with Crippen molar-refractivity contribution >= 4 is 40.9 Å². The highest BCUT2D eigenvalue weighted by Crippen LogP contribution is 2.21. The van der Waals surface area contributed by atoms with Gasteiger partial charge in [0.05, 0.1) is 0 Å². The van der Waals surface area contributed by atoms with E-state index in [0.29, 0.717) is 29.5 Å². The number of carbonyl (C=O) groups excluding carboxylic acids is 1. The summed E-state index contributed by atoms with van der Waals surface area (Å²) in [6, 6.07) is 22.5. The summed E-state index contributed by atoms with van der Waals surface area (Å²) in [7, 11) is 0. The van der Waals surface area contributed by atoms with E-state index in [1.165, 1.54) is 0 Å². The van der Waals surface area contributed by atoms with E-state index in [2.05, 4.69) is 5.32 Å². The predicted molar refractivity (Wildman–Crippen MR) is 122 cm³/mol. The van der Waals surface area contributed by atoms with Gasteiger partial charge in [0.15, 0.2) is 0 Å². The van der Waals surface area contributed by atoms with Crippen LogP contribution in [0.3, 0.4) is 0 Å². The van der Waals surface area contributed by atoms with E-state index in [9.17, 15) is 4.79 Å². The second-order valence-electron chi connectivity index (χ2n) is 6.31. The summed E-state index contributed by atoms with van der Waals surface area (Å²) in [5.74, 6) is 2.14. The third kappa shape index (κ3) is 6.70. The van der Waals surface area contributed by atoms with Gasteiger partial charge in [0.25, 0.3) is 5.91 Å². The summed E-state index contributed by atoms with van der Waals surface area (Å²) < 4.78 is 5.79. The summed E-state index contributed by atoms with van der Waals surface area (Å²) in [5.41, 5.74) is 2.58. The number of hydrogen-bond acceptors (Lipinski definition) is 3. The Kier molecular flexibility index (Phi) is 8.29. The van der Waals surface area contributed by atoms with E-state index in [0.717, 1.165) is 27.7 Å². The van der Waals surface area contributed by atoms with Crippen molar-refractivity contribution in [3.05, 3.63) is 99.5 Å². The summed E-state index contributed by atoms with van der Waals surface area (Å²) in [6.07, 6.45) is 0. The van der Waals surface area contributed by atoms with Crippen molar-refractivity contribution in [1.82, 2.24) is 5.32 Å². The van der Waals surface area contributed by atoms with E-state index >= 15 is 0 Å². The molecule has 0 bridgehead atoms. The summed E-state index contributed by atoms with van der Waals surface area (Å²) in [4.78, 5) is 12.4. The number of halogens is 2. The van der Waals surface area contributed by atoms with Gasteiger partial charge < -0.3 is 10.1 Å². The van der Waals surface area contributed by atoms with E-state index < -0.39 is 0 Å². The number of amides is 1. The Balaban J connectivity index is 1.44. The first kappa shape index (κ1) is 21.6. The first-order valence-electron chi connectivity index (χ1n) is 9.19. The van der Waals surface area contributed by atoms with E-state index in [1.807, 2.05) is 60.7 Å². The average Bonchev–Trinajstić information content (AvgIpc) is 2.74. The molecule has 0 aliphatic heterocycles. The summed E-state index contributed by atoms with van der Waals surface area (Å²) in [5, 5.41) is 4.38. The maximum atomic E-state index is 12.4. The Hall–Kier alpha value is -2.14. The molecule has 0 atom stereocenters. The van der Waals surface area contributed by atoms with Gasteiger partial charge in [0, 0.05) is 39.2 Å². The highest BCUT2D eigenvalue weighted by Gasteiger charge is 2.07. The van der Waals surface area contributed by atoms with Crippen molar-refractivity contribution in [2.45, 2.75) is 12.4 Å². The molecule has 3 aromatic carbocycles. The molecule has 1 amide bonds. The molecule has 0 spiro atoms. The third-order valence-corrected chi connectivity index (χ3v) is 5.94. The first-order valence-corrected chi connectivity index (χ1v) is 11.1.